The minimum atomic E-state index is -0.0217. The van der Waals surface area contributed by atoms with Gasteiger partial charge in [-0.15, -0.1) is 0 Å². The predicted octanol–water partition coefficient (Wildman–Crippen LogP) is 2.86. The van der Waals surface area contributed by atoms with Crippen LogP contribution in [0, 0.1) is 0 Å². The van der Waals surface area contributed by atoms with Gasteiger partial charge in [-0.05, 0) is 11.6 Å². The van der Waals surface area contributed by atoms with Gasteiger partial charge in [-0.2, -0.15) is 0 Å². The Bertz CT molecular complexity index is 333. The number of nitrogens with zero attached hydrogens (tertiary/aromatic N) is 3. The fraction of sp³-hybridized carbons (Fsp3) is 0.143. The number of para-hydroxylation sites is 1. The van der Waals surface area contributed by atoms with Crippen molar-refractivity contribution in [3.8, 4) is 5.75 Å². The van der Waals surface area contributed by atoms with Crippen LogP contribution in [0.5, 0.6) is 5.75 Å². The summed E-state index contributed by atoms with van der Waals surface area (Å²) in [5, 5.41) is 12.9. The Kier molecular flexibility index (Phi) is 2.80. The Balaban J connectivity index is 2.99. The molecule has 0 aromatic heterocycles. The molecule has 0 atom stereocenters. The van der Waals surface area contributed by atoms with Crippen molar-refractivity contribution in [2.24, 2.45) is 5.11 Å². The number of rotatable bonds is 2. The summed E-state index contributed by atoms with van der Waals surface area (Å²) >= 11 is 5.61. The summed E-state index contributed by atoms with van der Waals surface area (Å²) in [7, 11) is 0. The second-order valence-corrected chi connectivity index (χ2v) is 2.54. The van der Waals surface area contributed by atoms with Crippen molar-refractivity contribution in [1.82, 2.24) is 0 Å². The molecule has 62 valence electrons. The van der Waals surface area contributed by atoms with Gasteiger partial charge in [0.05, 0.1) is 11.6 Å². The molecule has 4 nitrogen and oxygen atoms in total. The van der Waals surface area contributed by atoms with Gasteiger partial charge in [0, 0.05) is 10.5 Å². The molecule has 0 aliphatic carbocycles. The first-order valence-electron chi connectivity index (χ1n) is 3.23. The molecule has 1 rings (SSSR count). The van der Waals surface area contributed by atoms with Crippen LogP contribution in [0.2, 0.25) is 5.02 Å². The SMILES string of the molecule is [N-]=[N+]=NCc1cccc(Cl)c1O. The van der Waals surface area contributed by atoms with Crippen LogP contribution in [0.3, 0.4) is 0 Å². The van der Waals surface area contributed by atoms with E-state index in [1.54, 1.807) is 18.2 Å². The zero-order valence-electron chi connectivity index (χ0n) is 6.11. The van der Waals surface area contributed by atoms with Crippen molar-refractivity contribution in [3.05, 3.63) is 39.2 Å². The van der Waals surface area contributed by atoms with Gasteiger partial charge in [0.2, 0.25) is 0 Å². The van der Waals surface area contributed by atoms with E-state index in [1.165, 1.54) is 0 Å². The highest BCUT2D eigenvalue weighted by atomic mass is 35.5. The van der Waals surface area contributed by atoms with Crippen molar-refractivity contribution in [1.29, 1.82) is 0 Å². The molecular weight excluding hydrogens is 178 g/mol. The maximum atomic E-state index is 9.31. The lowest BCUT2D eigenvalue weighted by molar-refractivity contribution is 0.468. The van der Waals surface area contributed by atoms with E-state index >= 15 is 0 Å². The summed E-state index contributed by atoms with van der Waals surface area (Å²) in [6.07, 6.45) is 0. The topological polar surface area (TPSA) is 69.0 Å². The maximum absolute atomic E-state index is 9.31. The standard InChI is InChI=1S/C7H6ClN3O/c8-6-3-1-2-5(7(6)12)4-10-11-9/h1-3,12H,4H2. The maximum Gasteiger partial charge on any atom is 0.137 e. The number of benzene rings is 1. The molecule has 0 saturated carbocycles. The molecule has 0 amide bonds. The molecule has 0 fully saturated rings. The van der Waals surface area contributed by atoms with Crippen LogP contribution < -0.4 is 0 Å². The fourth-order valence-electron chi connectivity index (χ4n) is 0.795. The summed E-state index contributed by atoms with van der Waals surface area (Å²) in [4.78, 5) is 2.57. The second kappa shape index (κ2) is 3.85. The molecule has 0 unspecified atom stereocenters. The highest BCUT2D eigenvalue weighted by molar-refractivity contribution is 6.32. The molecule has 0 saturated heterocycles. The van der Waals surface area contributed by atoms with E-state index in [9.17, 15) is 5.11 Å². The van der Waals surface area contributed by atoms with E-state index < -0.39 is 0 Å². The van der Waals surface area contributed by atoms with E-state index in [2.05, 4.69) is 10.0 Å². The molecule has 1 N–H and O–H groups in total. The van der Waals surface area contributed by atoms with Gasteiger partial charge in [0.15, 0.2) is 0 Å². The quantitative estimate of drug-likeness (QED) is 0.428. The van der Waals surface area contributed by atoms with Gasteiger partial charge >= 0.3 is 0 Å². The van der Waals surface area contributed by atoms with Gasteiger partial charge < -0.3 is 5.11 Å². The van der Waals surface area contributed by atoms with Crippen molar-refractivity contribution in [3.63, 3.8) is 0 Å². The number of azide groups is 1. The average molecular weight is 184 g/mol. The van der Waals surface area contributed by atoms with Crippen LogP contribution in [0.15, 0.2) is 23.3 Å². The Morgan fingerprint density at radius 3 is 3.00 bits per heavy atom. The lowest BCUT2D eigenvalue weighted by Crippen LogP contribution is -1.81. The summed E-state index contributed by atoms with van der Waals surface area (Å²) in [5.74, 6) is -0.0217. The molecule has 1 aromatic carbocycles. The smallest absolute Gasteiger partial charge is 0.137 e. The Labute approximate surface area is 74.0 Å². The minimum absolute atomic E-state index is 0.0217. The first-order valence-corrected chi connectivity index (χ1v) is 3.60. The van der Waals surface area contributed by atoms with E-state index in [4.69, 9.17) is 17.1 Å². The number of phenolic OH excluding ortho intramolecular Hbond substituents is 1. The summed E-state index contributed by atoms with van der Waals surface area (Å²) in [6.45, 7) is 0.114. The molecule has 5 heteroatoms. The van der Waals surface area contributed by atoms with Gasteiger partial charge in [0.25, 0.3) is 0 Å². The normalized spacial score (nSPS) is 9.08. The largest absolute Gasteiger partial charge is 0.506 e. The zero-order valence-corrected chi connectivity index (χ0v) is 6.86. The number of halogens is 1. The van der Waals surface area contributed by atoms with E-state index in [1.807, 2.05) is 0 Å². The number of hydrogen-bond acceptors (Lipinski definition) is 2. The Hall–Kier alpha value is -1.38. The molecule has 12 heavy (non-hydrogen) atoms. The summed E-state index contributed by atoms with van der Waals surface area (Å²) < 4.78 is 0. The van der Waals surface area contributed by atoms with Crippen LogP contribution in [0.4, 0.5) is 0 Å². The average Bonchev–Trinajstić information content (AvgIpc) is 2.08. The van der Waals surface area contributed by atoms with Gasteiger partial charge in [0.1, 0.15) is 5.75 Å². The monoisotopic (exact) mass is 183 g/mol. The summed E-state index contributed by atoms with van der Waals surface area (Å²) in [5.41, 5.74) is 8.56. The molecule has 0 radical (unpaired) electrons. The third-order valence-corrected chi connectivity index (χ3v) is 1.68. The zero-order chi connectivity index (χ0) is 8.97. The third-order valence-electron chi connectivity index (χ3n) is 1.37. The number of phenols is 1. The van der Waals surface area contributed by atoms with Crippen LogP contribution in [0.1, 0.15) is 5.56 Å². The number of hydrogen-bond donors (Lipinski definition) is 1. The third kappa shape index (κ3) is 1.81. The van der Waals surface area contributed by atoms with Crippen LogP contribution in [-0.4, -0.2) is 5.11 Å². The Morgan fingerprint density at radius 2 is 2.33 bits per heavy atom. The van der Waals surface area contributed by atoms with Gasteiger partial charge in [-0.1, -0.05) is 28.8 Å². The van der Waals surface area contributed by atoms with Crippen LogP contribution in [0.25, 0.3) is 10.4 Å². The van der Waals surface area contributed by atoms with Gasteiger partial charge in [-0.25, -0.2) is 0 Å². The van der Waals surface area contributed by atoms with Crippen molar-refractivity contribution < 1.29 is 5.11 Å². The van der Waals surface area contributed by atoms with E-state index in [0.717, 1.165) is 0 Å². The Morgan fingerprint density at radius 1 is 1.58 bits per heavy atom. The minimum Gasteiger partial charge on any atom is -0.506 e. The van der Waals surface area contributed by atoms with Crippen LogP contribution in [-0.2, 0) is 6.54 Å². The van der Waals surface area contributed by atoms with Crippen LogP contribution >= 0.6 is 11.6 Å². The predicted molar refractivity (Wildman–Crippen MR) is 46.0 cm³/mol. The fourth-order valence-corrected chi connectivity index (χ4v) is 0.990. The number of aromatic hydroxyl groups is 1. The molecule has 0 spiro atoms. The molecule has 0 bridgehead atoms. The van der Waals surface area contributed by atoms with Gasteiger partial charge in [-0.3, -0.25) is 0 Å². The first-order chi connectivity index (χ1) is 5.75. The molecular formula is C7H6ClN3O. The summed E-state index contributed by atoms with van der Waals surface area (Å²) in [6, 6.07) is 4.90. The lowest BCUT2D eigenvalue weighted by Gasteiger charge is -2.00. The first kappa shape index (κ1) is 8.71. The molecule has 1 aromatic rings. The highest BCUT2D eigenvalue weighted by Gasteiger charge is 2.02. The molecule has 0 aliphatic rings. The van der Waals surface area contributed by atoms with Crippen molar-refractivity contribution in [2.45, 2.75) is 6.54 Å². The second-order valence-electron chi connectivity index (χ2n) is 2.14. The highest BCUT2D eigenvalue weighted by Crippen LogP contribution is 2.27. The van der Waals surface area contributed by atoms with E-state index in [-0.39, 0.29) is 17.3 Å². The lowest BCUT2D eigenvalue weighted by atomic mass is 10.2. The van der Waals surface area contributed by atoms with Crippen molar-refractivity contribution >= 4 is 11.6 Å². The van der Waals surface area contributed by atoms with Crippen molar-refractivity contribution in [2.75, 3.05) is 0 Å². The molecule has 0 heterocycles. The molecule has 0 aliphatic heterocycles. The van der Waals surface area contributed by atoms with E-state index in [0.29, 0.717) is 5.56 Å².